The standard InChI is InChI=1S/C18H29N3/c1-3-11-19-14(2)16-7-5-12-21(13-16)18-10-9-15-6-4-8-17(15)20-18/h9-10,14,16,19H,3-8,11-13H2,1-2H3. The zero-order valence-corrected chi connectivity index (χ0v) is 13.6. The second kappa shape index (κ2) is 6.78. The fourth-order valence-corrected chi connectivity index (χ4v) is 3.75. The molecule has 0 spiro atoms. The van der Waals surface area contributed by atoms with Gasteiger partial charge in [0.15, 0.2) is 0 Å². The quantitative estimate of drug-likeness (QED) is 0.901. The molecular formula is C18H29N3. The number of hydrogen-bond donors (Lipinski definition) is 1. The predicted molar refractivity (Wildman–Crippen MR) is 89.0 cm³/mol. The van der Waals surface area contributed by atoms with E-state index in [4.69, 9.17) is 4.98 Å². The van der Waals surface area contributed by atoms with Crippen LogP contribution in [0.15, 0.2) is 12.1 Å². The van der Waals surface area contributed by atoms with Gasteiger partial charge in [-0.2, -0.15) is 0 Å². The first-order chi connectivity index (χ1) is 10.3. The van der Waals surface area contributed by atoms with Gasteiger partial charge in [-0.05, 0) is 69.5 Å². The van der Waals surface area contributed by atoms with Crippen LogP contribution in [-0.4, -0.2) is 30.7 Å². The van der Waals surface area contributed by atoms with Gasteiger partial charge in [0.25, 0.3) is 0 Å². The van der Waals surface area contributed by atoms with Crippen molar-refractivity contribution in [3.63, 3.8) is 0 Å². The van der Waals surface area contributed by atoms with Crippen molar-refractivity contribution in [3.8, 4) is 0 Å². The lowest BCUT2D eigenvalue weighted by atomic mass is 9.91. The molecule has 0 amide bonds. The van der Waals surface area contributed by atoms with Crippen molar-refractivity contribution in [2.45, 2.75) is 58.4 Å². The molecule has 1 fully saturated rings. The average Bonchev–Trinajstić information content (AvgIpc) is 3.00. The van der Waals surface area contributed by atoms with Crippen LogP contribution in [-0.2, 0) is 12.8 Å². The first-order valence-electron chi connectivity index (χ1n) is 8.75. The molecule has 1 aromatic rings. The largest absolute Gasteiger partial charge is 0.356 e. The molecule has 0 radical (unpaired) electrons. The highest BCUT2D eigenvalue weighted by atomic mass is 15.2. The highest BCUT2D eigenvalue weighted by Gasteiger charge is 2.25. The summed E-state index contributed by atoms with van der Waals surface area (Å²) >= 11 is 0. The second-order valence-corrected chi connectivity index (χ2v) is 6.72. The Kier molecular flexibility index (Phi) is 4.79. The minimum atomic E-state index is 0.613. The van der Waals surface area contributed by atoms with Gasteiger partial charge in [0.2, 0.25) is 0 Å². The Bertz CT molecular complexity index is 472. The third-order valence-corrected chi connectivity index (χ3v) is 5.12. The number of piperidine rings is 1. The Labute approximate surface area is 129 Å². The number of nitrogens with one attached hydrogen (secondary N) is 1. The van der Waals surface area contributed by atoms with E-state index < -0.39 is 0 Å². The normalized spacial score (nSPS) is 23.1. The number of pyridine rings is 1. The third-order valence-electron chi connectivity index (χ3n) is 5.12. The number of aromatic nitrogens is 1. The van der Waals surface area contributed by atoms with Crippen molar-refractivity contribution in [1.29, 1.82) is 0 Å². The number of nitrogens with zero attached hydrogens (tertiary/aromatic N) is 2. The Morgan fingerprint density at radius 1 is 1.33 bits per heavy atom. The van der Waals surface area contributed by atoms with Gasteiger partial charge in [-0.3, -0.25) is 0 Å². The summed E-state index contributed by atoms with van der Waals surface area (Å²) in [6, 6.07) is 5.17. The smallest absolute Gasteiger partial charge is 0.128 e. The summed E-state index contributed by atoms with van der Waals surface area (Å²) in [7, 11) is 0. The lowest BCUT2D eigenvalue weighted by Crippen LogP contribution is -2.45. The van der Waals surface area contributed by atoms with Crippen LogP contribution in [0.3, 0.4) is 0 Å². The Balaban J connectivity index is 1.65. The Morgan fingerprint density at radius 3 is 3.10 bits per heavy atom. The molecule has 2 unspecified atom stereocenters. The number of rotatable bonds is 5. The molecule has 116 valence electrons. The van der Waals surface area contributed by atoms with E-state index in [0.717, 1.165) is 19.0 Å². The number of aryl methyl sites for hydroxylation is 2. The highest BCUT2D eigenvalue weighted by Crippen LogP contribution is 2.27. The Morgan fingerprint density at radius 2 is 2.24 bits per heavy atom. The zero-order valence-electron chi connectivity index (χ0n) is 13.6. The summed E-state index contributed by atoms with van der Waals surface area (Å²) in [6.45, 7) is 8.04. The van der Waals surface area contributed by atoms with Crippen LogP contribution in [0.2, 0.25) is 0 Å². The minimum absolute atomic E-state index is 0.613. The van der Waals surface area contributed by atoms with Gasteiger partial charge < -0.3 is 10.2 Å². The SMILES string of the molecule is CCCNC(C)C1CCCN(c2ccc3c(n2)CCC3)C1. The van der Waals surface area contributed by atoms with Crippen molar-refractivity contribution >= 4 is 5.82 Å². The van der Waals surface area contributed by atoms with Crippen molar-refractivity contribution in [3.05, 3.63) is 23.4 Å². The maximum atomic E-state index is 4.94. The van der Waals surface area contributed by atoms with Crippen molar-refractivity contribution < 1.29 is 0 Å². The molecule has 2 aliphatic rings. The van der Waals surface area contributed by atoms with Crippen molar-refractivity contribution in [1.82, 2.24) is 10.3 Å². The van der Waals surface area contributed by atoms with E-state index in [2.05, 4.69) is 36.2 Å². The lowest BCUT2D eigenvalue weighted by Gasteiger charge is -2.37. The van der Waals surface area contributed by atoms with Gasteiger partial charge in [0.05, 0.1) is 0 Å². The average molecular weight is 287 g/mol. The summed E-state index contributed by atoms with van der Waals surface area (Å²) in [4.78, 5) is 7.45. The molecule has 3 rings (SSSR count). The molecule has 1 N–H and O–H groups in total. The number of hydrogen-bond acceptors (Lipinski definition) is 3. The van der Waals surface area contributed by atoms with E-state index in [-0.39, 0.29) is 0 Å². The predicted octanol–water partition coefficient (Wildman–Crippen LogP) is 3.17. The van der Waals surface area contributed by atoms with Gasteiger partial charge in [0, 0.05) is 24.8 Å². The summed E-state index contributed by atoms with van der Waals surface area (Å²) in [6.07, 6.45) is 7.54. The molecule has 21 heavy (non-hydrogen) atoms. The van der Waals surface area contributed by atoms with Gasteiger partial charge in [-0.1, -0.05) is 13.0 Å². The van der Waals surface area contributed by atoms with E-state index in [1.54, 1.807) is 0 Å². The Hall–Kier alpha value is -1.09. The van der Waals surface area contributed by atoms with Gasteiger partial charge in [0.1, 0.15) is 5.82 Å². The van der Waals surface area contributed by atoms with Crippen molar-refractivity contribution in [2.75, 3.05) is 24.5 Å². The fourth-order valence-electron chi connectivity index (χ4n) is 3.75. The molecule has 3 heteroatoms. The second-order valence-electron chi connectivity index (χ2n) is 6.72. The molecule has 2 heterocycles. The summed E-state index contributed by atoms with van der Waals surface area (Å²) in [5.41, 5.74) is 2.83. The molecule has 1 saturated heterocycles. The molecule has 0 saturated carbocycles. The maximum Gasteiger partial charge on any atom is 0.128 e. The van der Waals surface area contributed by atoms with E-state index in [1.807, 2.05) is 0 Å². The van der Waals surface area contributed by atoms with E-state index >= 15 is 0 Å². The monoisotopic (exact) mass is 287 g/mol. The molecule has 1 aliphatic heterocycles. The first-order valence-corrected chi connectivity index (χ1v) is 8.75. The van der Waals surface area contributed by atoms with Gasteiger partial charge in [-0.15, -0.1) is 0 Å². The van der Waals surface area contributed by atoms with Crippen LogP contribution >= 0.6 is 0 Å². The topological polar surface area (TPSA) is 28.2 Å². The highest BCUT2D eigenvalue weighted by molar-refractivity contribution is 5.43. The van der Waals surface area contributed by atoms with Crippen LogP contribution in [0.25, 0.3) is 0 Å². The first kappa shape index (κ1) is 14.8. The molecule has 2 atom stereocenters. The molecule has 0 bridgehead atoms. The fraction of sp³-hybridized carbons (Fsp3) is 0.722. The molecule has 1 aliphatic carbocycles. The number of fused-ring (bicyclic) bond motifs is 1. The van der Waals surface area contributed by atoms with E-state index in [0.29, 0.717) is 6.04 Å². The summed E-state index contributed by atoms with van der Waals surface area (Å²) in [5.74, 6) is 1.96. The molecule has 1 aromatic heterocycles. The van der Waals surface area contributed by atoms with Crippen LogP contribution in [0.4, 0.5) is 5.82 Å². The maximum absolute atomic E-state index is 4.94. The van der Waals surface area contributed by atoms with Crippen LogP contribution in [0, 0.1) is 5.92 Å². The molecule has 0 aromatic carbocycles. The van der Waals surface area contributed by atoms with Crippen molar-refractivity contribution in [2.24, 2.45) is 5.92 Å². The van der Waals surface area contributed by atoms with E-state index in [9.17, 15) is 0 Å². The lowest BCUT2D eigenvalue weighted by molar-refractivity contribution is 0.320. The van der Waals surface area contributed by atoms with E-state index in [1.165, 1.54) is 62.1 Å². The van der Waals surface area contributed by atoms with Crippen LogP contribution in [0.1, 0.15) is 50.8 Å². The number of anilines is 1. The van der Waals surface area contributed by atoms with Gasteiger partial charge >= 0.3 is 0 Å². The molecular weight excluding hydrogens is 258 g/mol. The summed E-state index contributed by atoms with van der Waals surface area (Å²) in [5, 5.41) is 3.67. The van der Waals surface area contributed by atoms with Crippen LogP contribution in [0.5, 0.6) is 0 Å². The summed E-state index contributed by atoms with van der Waals surface area (Å²) < 4.78 is 0. The molecule has 3 nitrogen and oxygen atoms in total. The zero-order chi connectivity index (χ0) is 14.7. The van der Waals surface area contributed by atoms with Gasteiger partial charge in [-0.25, -0.2) is 4.98 Å². The van der Waals surface area contributed by atoms with Crippen LogP contribution < -0.4 is 10.2 Å². The third kappa shape index (κ3) is 3.39. The minimum Gasteiger partial charge on any atom is -0.356 e.